The molecule has 2 amide bonds. The van der Waals surface area contributed by atoms with E-state index >= 15 is 0 Å². The summed E-state index contributed by atoms with van der Waals surface area (Å²) in [4.78, 5) is 39.0. The molecular formula is C26H39N3O5. The molecular weight excluding hydrogens is 434 g/mol. The second-order valence-electron chi connectivity index (χ2n) is 9.60. The summed E-state index contributed by atoms with van der Waals surface area (Å²) in [6.45, 7) is 3.18. The third-order valence-corrected chi connectivity index (χ3v) is 7.05. The Hall–Kier alpha value is -2.61. The van der Waals surface area contributed by atoms with Crippen LogP contribution in [0.2, 0.25) is 0 Å². The molecule has 8 heteroatoms. The first-order chi connectivity index (χ1) is 16.4. The number of ether oxygens (including phenoxy) is 1. The van der Waals surface area contributed by atoms with Gasteiger partial charge in [-0.3, -0.25) is 14.4 Å². The SMILES string of the molecule is COc1cccc(CC[C@H](CC(=O)O)NC(=O)[C@@H]2CCCN(C(=O)CCC3CCNCC3)C2)c1. The Kier molecular flexibility index (Phi) is 10.2. The molecule has 0 unspecified atom stereocenters. The van der Waals surface area contributed by atoms with Crippen LogP contribution in [-0.2, 0) is 20.8 Å². The zero-order valence-electron chi connectivity index (χ0n) is 20.3. The van der Waals surface area contributed by atoms with Gasteiger partial charge < -0.3 is 25.4 Å². The van der Waals surface area contributed by atoms with E-state index in [1.807, 2.05) is 29.2 Å². The first-order valence-corrected chi connectivity index (χ1v) is 12.6. The number of likely N-dealkylation sites (tertiary alicyclic amines) is 1. The first-order valence-electron chi connectivity index (χ1n) is 12.6. The van der Waals surface area contributed by atoms with E-state index in [4.69, 9.17) is 4.74 Å². The molecule has 2 atom stereocenters. The van der Waals surface area contributed by atoms with E-state index in [-0.39, 0.29) is 24.2 Å². The van der Waals surface area contributed by atoms with E-state index in [2.05, 4.69) is 10.6 Å². The van der Waals surface area contributed by atoms with Gasteiger partial charge in [0.1, 0.15) is 5.75 Å². The van der Waals surface area contributed by atoms with Crippen molar-refractivity contribution < 1.29 is 24.2 Å². The van der Waals surface area contributed by atoms with Crippen LogP contribution in [0.3, 0.4) is 0 Å². The zero-order chi connectivity index (χ0) is 24.3. The van der Waals surface area contributed by atoms with Crippen molar-refractivity contribution >= 4 is 17.8 Å². The van der Waals surface area contributed by atoms with Gasteiger partial charge in [-0.2, -0.15) is 0 Å². The quantitative estimate of drug-likeness (QED) is 0.456. The zero-order valence-corrected chi connectivity index (χ0v) is 20.3. The van der Waals surface area contributed by atoms with Crippen molar-refractivity contribution in [3.05, 3.63) is 29.8 Å². The Balaban J connectivity index is 1.49. The highest BCUT2D eigenvalue weighted by Gasteiger charge is 2.30. The van der Waals surface area contributed by atoms with E-state index in [9.17, 15) is 19.5 Å². The van der Waals surface area contributed by atoms with Crippen molar-refractivity contribution in [2.75, 3.05) is 33.3 Å². The number of rotatable bonds is 11. The van der Waals surface area contributed by atoms with Crippen molar-refractivity contribution in [1.82, 2.24) is 15.5 Å². The molecule has 0 aromatic heterocycles. The van der Waals surface area contributed by atoms with Crippen LogP contribution in [0.15, 0.2) is 24.3 Å². The number of carbonyl (C=O) groups is 3. The van der Waals surface area contributed by atoms with E-state index in [0.29, 0.717) is 38.3 Å². The standard InChI is InChI=1S/C26H39N3O5/c1-34-23-6-2-4-20(16-23)7-9-22(17-25(31)32)28-26(33)21-5-3-15-29(18-21)24(30)10-8-19-11-13-27-14-12-19/h2,4,6,16,19,21-22,27H,3,5,7-15,17-18H2,1H3,(H,28,33)(H,31,32)/t21-,22-/m1/s1. The van der Waals surface area contributed by atoms with Gasteiger partial charge >= 0.3 is 5.97 Å². The molecule has 188 valence electrons. The number of benzene rings is 1. The van der Waals surface area contributed by atoms with Crippen LogP contribution < -0.4 is 15.4 Å². The van der Waals surface area contributed by atoms with Crippen LogP contribution in [0.1, 0.15) is 56.9 Å². The molecule has 3 N–H and O–H groups in total. The number of piperidine rings is 2. The van der Waals surface area contributed by atoms with E-state index in [1.54, 1.807) is 7.11 Å². The summed E-state index contributed by atoms with van der Waals surface area (Å²) in [5.41, 5.74) is 1.03. The van der Waals surface area contributed by atoms with Crippen molar-refractivity contribution in [3.63, 3.8) is 0 Å². The largest absolute Gasteiger partial charge is 0.497 e. The molecule has 0 radical (unpaired) electrons. The fourth-order valence-electron chi connectivity index (χ4n) is 5.00. The minimum atomic E-state index is -0.936. The summed E-state index contributed by atoms with van der Waals surface area (Å²) < 4.78 is 5.25. The maximum atomic E-state index is 13.0. The van der Waals surface area contributed by atoms with Gasteiger partial charge in [0.05, 0.1) is 19.4 Å². The smallest absolute Gasteiger partial charge is 0.305 e. The molecule has 0 saturated carbocycles. The summed E-state index contributed by atoms with van der Waals surface area (Å²) in [5, 5.41) is 15.7. The second-order valence-corrected chi connectivity index (χ2v) is 9.60. The van der Waals surface area contributed by atoms with Gasteiger partial charge in [0.25, 0.3) is 0 Å². The number of nitrogens with zero attached hydrogens (tertiary/aromatic N) is 1. The highest BCUT2D eigenvalue weighted by atomic mass is 16.5. The molecule has 2 aliphatic heterocycles. The number of hydrogen-bond acceptors (Lipinski definition) is 5. The summed E-state index contributed by atoms with van der Waals surface area (Å²) in [6, 6.07) is 7.20. The average molecular weight is 474 g/mol. The molecule has 8 nitrogen and oxygen atoms in total. The van der Waals surface area contributed by atoms with Crippen LogP contribution in [-0.4, -0.2) is 67.1 Å². The van der Waals surface area contributed by atoms with E-state index in [0.717, 1.165) is 56.5 Å². The van der Waals surface area contributed by atoms with Crippen molar-refractivity contribution in [2.24, 2.45) is 11.8 Å². The highest BCUT2D eigenvalue weighted by Crippen LogP contribution is 2.22. The van der Waals surface area contributed by atoms with Crippen molar-refractivity contribution in [1.29, 1.82) is 0 Å². The Labute approximate surface area is 202 Å². The predicted octanol–water partition coefficient (Wildman–Crippen LogP) is 2.61. The lowest BCUT2D eigenvalue weighted by Crippen LogP contribution is -2.48. The Bertz CT molecular complexity index is 824. The van der Waals surface area contributed by atoms with Gasteiger partial charge in [0.2, 0.25) is 11.8 Å². The van der Waals surface area contributed by atoms with E-state index in [1.165, 1.54) is 0 Å². The minimum absolute atomic E-state index is 0.124. The molecule has 0 bridgehead atoms. The molecule has 2 saturated heterocycles. The van der Waals surface area contributed by atoms with Crippen LogP contribution in [0.5, 0.6) is 5.75 Å². The predicted molar refractivity (Wildman–Crippen MR) is 130 cm³/mol. The van der Waals surface area contributed by atoms with Gasteiger partial charge in [-0.1, -0.05) is 12.1 Å². The Morgan fingerprint density at radius 1 is 1.24 bits per heavy atom. The maximum Gasteiger partial charge on any atom is 0.305 e. The number of nitrogens with one attached hydrogen (secondary N) is 2. The monoisotopic (exact) mass is 473 g/mol. The topological polar surface area (TPSA) is 108 Å². The number of amides is 2. The molecule has 2 heterocycles. The van der Waals surface area contributed by atoms with Gasteiger partial charge in [0.15, 0.2) is 0 Å². The third kappa shape index (κ3) is 8.31. The Morgan fingerprint density at radius 3 is 2.76 bits per heavy atom. The van der Waals surface area contributed by atoms with Gasteiger partial charge in [-0.15, -0.1) is 0 Å². The molecule has 1 aromatic carbocycles. The lowest BCUT2D eigenvalue weighted by Gasteiger charge is -2.33. The maximum absolute atomic E-state index is 13.0. The first kappa shape index (κ1) is 26.0. The van der Waals surface area contributed by atoms with Gasteiger partial charge in [0, 0.05) is 25.6 Å². The molecule has 0 spiro atoms. The number of aliphatic carboxylic acids is 1. The number of carboxylic acids is 1. The Morgan fingerprint density at radius 2 is 2.03 bits per heavy atom. The number of carboxylic acid groups (broad SMARTS) is 1. The molecule has 34 heavy (non-hydrogen) atoms. The number of aryl methyl sites for hydroxylation is 1. The number of methoxy groups -OCH3 is 1. The van der Waals surface area contributed by atoms with E-state index < -0.39 is 12.0 Å². The minimum Gasteiger partial charge on any atom is -0.497 e. The second kappa shape index (κ2) is 13.3. The lowest BCUT2D eigenvalue weighted by atomic mass is 9.92. The summed E-state index contributed by atoms with van der Waals surface area (Å²) >= 11 is 0. The highest BCUT2D eigenvalue weighted by molar-refractivity contribution is 5.82. The van der Waals surface area contributed by atoms with Crippen molar-refractivity contribution in [3.8, 4) is 5.75 Å². The lowest BCUT2D eigenvalue weighted by molar-refractivity contribution is -0.138. The molecule has 3 rings (SSSR count). The number of carbonyl (C=O) groups excluding carboxylic acids is 2. The summed E-state index contributed by atoms with van der Waals surface area (Å²) in [5.74, 6) is 0.127. The normalized spacial score (nSPS) is 19.9. The molecule has 2 fully saturated rings. The van der Waals surface area contributed by atoms with Crippen LogP contribution in [0.4, 0.5) is 0 Å². The van der Waals surface area contributed by atoms with Crippen LogP contribution in [0.25, 0.3) is 0 Å². The molecule has 2 aliphatic rings. The summed E-state index contributed by atoms with van der Waals surface area (Å²) in [7, 11) is 1.61. The van der Waals surface area contributed by atoms with Gasteiger partial charge in [-0.25, -0.2) is 0 Å². The fraction of sp³-hybridized carbons (Fsp3) is 0.654. The van der Waals surface area contributed by atoms with Gasteiger partial charge in [-0.05, 0) is 81.6 Å². The molecule has 0 aliphatic carbocycles. The third-order valence-electron chi connectivity index (χ3n) is 7.05. The summed E-state index contributed by atoms with van der Waals surface area (Å²) in [6.07, 6.45) is 6.27. The van der Waals surface area contributed by atoms with Crippen molar-refractivity contribution in [2.45, 2.75) is 63.8 Å². The van der Waals surface area contributed by atoms with Crippen LogP contribution >= 0.6 is 0 Å². The van der Waals surface area contributed by atoms with Crippen LogP contribution in [0, 0.1) is 11.8 Å². The number of hydrogen-bond donors (Lipinski definition) is 3. The molecule has 1 aromatic rings. The average Bonchev–Trinajstić information content (AvgIpc) is 2.86. The fourth-order valence-corrected chi connectivity index (χ4v) is 5.00.